The Hall–Kier alpha value is -1.81. The zero-order valence-corrected chi connectivity index (χ0v) is 13.9. The molecule has 0 atom stereocenters. The summed E-state index contributed by atoms with van der Waals surface area (Å²) in [6, 6.07) is 6.31. The van der Waals surface area contributed by atoms with Crippen LogP contribution in [0.25, 0.3) is 11.1 Å². The van der Waals surface area contributed by atoms with Gasteiger partial charge in [0.2, 0.25) is 0 Å². The maximum Gasteiger partial charge on any atom is 0.254 e. The summed E-state index contributed by atoms with van der Waals surface area (Å²) in [6.45, 7) is 8.79. The van der Waals surface area contributed by atoms with Crippen LogP contribution < -0.4 is 11.1 Å². The molecule has 1 amide bonds. The zero-order chi connectivity index (χ0) is 15.6. The summed E-state index contributed by atoms with van der Waals surface area (Å²) < 4.78 is 0. The molecular weight excluding hydrogens is 280 g/mol. The largest absolute Gasteiger partial charge is 0.390 e. The molecule has 1 aromatic carbocycles. The van der Waals surface area contributed by atoms with Crippen molar-refractivity contribution in [3.8, 4) is 11.1 Å². The maximum absolute atomic E-state index is 12.4. The molecule has 2 rings (SSSR count). The lowest BCUT2D eigenvalue weighted by Crippen LogP contribution is -2.23. The minimum atomic E-state index is -0.0841. The first-order chi connectivity index (χ1) is 9.99. The monoisotopic (exact) mass is 302 g/mol. The normalized spacial score (nSPS) is 10.7. The molecule has 0 aliphatic carbocycles. The number of carbonyl (C=O) groups excluding carboxylic acids is 1. The van der Waals surface area contributed by atoms with Gasteiger partial charge in [0.1, 0.15) is 0 Å². The van der Waals surface area contributed by atoms with Crippen molar-refractivity contribution in [3.63, 3.8) is 0 Å². The molecular formula is C17H22N2OS. The molecule has 0 aliphatic heterocycles. The van der Waals surface area contributed by atoms with Crippen molar-refractivity contribution >= 4 is 22.2 Å². The van der Waals surface area contributed by atoms with Crippen LogP contribution >= 0.6 is 11.3 Å². The standard InChI is InChI=1S/C17H22N2OS/c1-5-13-14(12-8-7-10(3)11(4)9-12)15(16(18)21-13)17(20)19-6-2/h7-9H,5-6,18H2,1-4H3,(H,19,20). The SMILES string of the molecule is CCNC(=O)c1c(N)sc(CC)c1-c1ccc(C)c(C)c1. The number of nitrogens with two attached hydrogens (primary N) is 1. The second kappa shape index (κ2) is 6.31. The van der Waals surface area contributed by atoms with Crippen molar-refractivity contribution in [3.05, 3.63) is 39.8 Å². The minimum Gasteiger partial charge on any atom is -0.390 e. The van der Waals surface area contributed by atoms with E-state index in [1.54, 1.807) is 0 Å². The highest BCUT2D eigenvalue weighted by Gasteiger charge is 2.22. The van der Waals surface area contributed by atoms with Crippen LogP contribution in [0.2, 0.25) is 0 Å². The molecule has 21 heavy (non-hydrogen) atoms. The van der Waals surface area contributed by atoms with Crippen molar-refractivity contribution in [1.82, 2.24) is 5.32 Å². The Labute approximate surface area is 130 Å². The average Bonchev–Trinajstić information content (AvgIpc) is 2.79. The van der Waals surface area contributed by atoms with E-state index < -0.39 is 0 Å². The first-order valence-electron chi connectivity index (χ1n) is 7.26. The van der Waals surface area contributed by atoms with E-state index in [4.69, 9.17) is 5.73 Å². The van der Waals surface area contributed by atoms with Crippen LogP contribution in [-0.4, -0.2) is 12.5 Å². The average molecular weight is 302 g/mol. The van der Waals surface area contributed by atoms with Gasteiger partial charge in [-0.15, -0.1) is 11.3 Å². The molecule has 1 heterocycles. The highest BCUT2D eigenvalue weighted by molar-refractivity contribution is 7.17. The van der Waals surface area contributed by atoms with Crippen LogP contribution in [0.1, 0.15) is 40.2 Å². The van der Waals surface area contributed by atoms with Gasteiger partial charge in [0.15, 0.2) is 0 Å². The van der Waals surface area contributed by atoms with Crippen molar-refractivity contribution in [2.45, 2.75) is 34.1 Å². The number of aryl methyl sites for hydroxylation is 3. The fourth-order valence-corrected chi connectivity index (χ4v) is 3.45. The third-order valence-corrected chi connectivity index (χ3v) is 4.85. The van der Waals surface area contributed by atoms with E-state index in [1.807, 2.05) is 6.92 Å². The summed E-state index contributed by atoms with van der Waals surface area (Å²) in [6.07, 6.45) is 0.872. The smallest absolute Gasteiger partial charge is 0.254 e. The molecule has 0 radical (unpaired) electrons. The van der Waals surface area contributed by atoms with E-state index in [0.29, 0.717) is 17.1 Å². The summed E-state index contributed by atoms with van der Waals surface area (Å²) in [5.41, 5.74) is 11.3. The van der Waals surface area contributed by atoms with E-state index >= 15 is 0 Å². The summed E-state index contributed by atoms with van der Waals surface area (Å²) >= 11 is 1.52. The summed E-state index contributed by atoms with van der Waals surface area (Å²) in [7, 11) is 0. The highest BCUT2D eigenvalue weighted by Crippen LogP contribution is 2.39. The van der Waals surface area contributed by atoms with E-state index in [1.165, 1.54) is 22.5 Å². The number of hydrogen-bond donors (Lipinski definition) is 2. The molecule has 0 saturated carbocycles. The van der Waals surface area contributed by atoms with Crippen LogP contribution in [0.15, 0.2) is 18.2 Å². The van der Waals surface area contributed by atoms with Gasteiger partial charge in [0.05, 0.1) is 10.6 Å². The van der Waals surface area contributed by atoms with Crippen molar-refractivity contribution in [2.24, 2.45) is 0 Å². The lowest BCUT2D eigenvalue weighted by atomic mass is 9.96. The van der Waals surface area contributed by atoms with Gasteiger partial charge in [-0.05, 0) is 43.9 Å². The lowest BCUT2D eigenvalue weighted by Gasteiger charge is -2.10. The topological polar surface area (TPSA) is 55.1 Å². The summed E-state index contributed by atoms with van der Waals surface area (Å²) in [4.78, 5) is 13.5. The van der Waals surface area contributed by atoms with Gasteiger partial charge in [0, 0.05) is 17.0 Å². The van der Waals surface area contributed by atoms with Crippen molar-refractivity contribution < 1.29 is 4.79 Å². The first-order valence-corrected chi connectivity index (χ1v) is 8.08. The van der Waals surface area contributed by atoms with E-state index in [0.717, 1.165) is 22.4 Å². The molecule has 112 valence electrons. The number of hydrogen-bond acceptors (Lipinski definition) is 3. The molecule has 0 fully saturated rings. The Morgan fingerprint density at radius 1 is 1.24 bits per heavy atom. The molecule has 0 aliphatic rings. The molecule has 1 aromatic heterocycles. The Morgan fingerprint density at radius 2 is 1.95 bits per heavy atom. The van der Waals surface area contributed by atoms with E-state index in [-0.39, 0.29) is 5.91 Å². The summed E-state index contributed by atoms with van der Waals surface area (Å²) in [5.74, 6) is -0.0841. The van der Waals surface area contributed by atoms with Gasteiger partial charge in [-0.3, -0.25) is 4.79 Å². The molecule has 0 unspecified atom stereocenters. The van der Waals surface area contributed by atoms with Gasteiger partial charge in [0.25, 0.3) is 5.91 Å². The Kier molecular flexibility index (Phi) is 4.68. The Morgan fingerprint density at radius 3 is 2.52 bits per heavy atom. The molecule has 0 bridgehead atoms. The van der Waals surface area contributed by atoms with Crippen molar-refractivity contribution in [1.29, 1.82) is 0 Å². The second-order valence-electron chi connectivity index (χ2n) is 5.15. The van der Waals surface area contributed by atoms with Gasteiger partial charge in [-0.25, -0.2) is 0 Å². The first kappa shape index (κ1) is 15.6. The second-order valence-corrected chi connectivity index (χ2v) is 6.29. The van der Waals surface area contributed by atoms with E-state index in [9.17, 15) is 4.79 Å². The highest BCUT2D eigenvalue weighted by atomic mass is 32.1. The zero-order valence-electron chi connectivity index (χ0n) is 13.0. The van der Waals surface area contributed by atoms with E-state index in [2.05, 4.69) is 44.3 Å². The number of amides is 1. The minimum absolute atomic E-state index is 0.0841. The number of nitrogens with one attached hydrogen (secondary N) is 1. The molecule has 4 heteroatoms. The predicted molar refractivity (Wildman–Crippen MR) is 91.0 cm³/mol. The van der Waals surface area contributed by atoms with Crippen LogP contribution in [-0.2, 0) is 6.42 Å². The van der Waals surface area contributed by atoms with Gasteiger partial charge in [-0.2, -0.15) is 0 Å². The number of nitrogen functional groups attached to an aromatic ring is 1. The number of thiophene rings is 1. The molecule has 0 spiro atoms. The molecule has 3 N–H and O–H groups in total. The molecule has 2 aromatic rings. The Bertz CT molecular complexity index is 674. The number of anilines is 1. The fourth-order valence-electron chi connectivity index (χ4n) is 2.42. The van der Waals surface area contributed by atoms with Crippen LogP contribution in [0, 0.1) is 13.8 Å². The maximum atomic E-state index is 12.4. The Balaban J connectivity index is 2.65. The quantitative estimate of drug-likeness (QED) is 0.899. The van der Waals surface area contributed by atoms with Crippen LogP contribution in [0.5, 0.6) is 0 Å². The number of benzene rings is 1. The van der Waals surface area contributed by atoms with Gasteiger partial charge in [-0.1, -0.05) is 25.1 Å². The van der Waals surface area contributed by atoms with Crippen LogP contribution in [0.3, 0.4) is 0 Å². The lowest BCUT2D eigenvalue weighted by molar-refractivity contribution is 0.0957. The third kappa shape index (κ3) is 2.95. The molecule has 3 nitrogen and oxygen atoms in total. The third-order valence-electron chi connectivity index (χ3n) is 3.69. The fraction of sp³-hybridized carbons (Fsp3) is 0.353. The van der Waals surface area contributed by atoms with Gasteiger partial charge >= 0.3 is 0 Å². The predicted octanol–water partition coefficient (Wildman–Crippen LogP) is 3.93. The molecule has 0 saturated heterocycles. The number of rotatable bonds is 4. The summed E-state index contributed by atoms with van der Waals surface area (Å²) in [5, 5.41) is 3.47. The van der Waals surface area contributed by atoms with Gasteiger partial charge < -0.3 is 11.1 Å². The number of carbonyl (C=O) groups is 1. The van der Waals surface area contributed by atoms with Crippen molar-refractivity contribution in [2.75, 3.05) is 12.3 Å². The van der Waals surface area contributed by atoms with Crippen LogP contribution in [0.4, 0.5) is 5.00 Å².